The van der Waals surface area contributed by atoms with Gasteiger partial charge in [-0.15, -0.1) is 0 Å². The molecule has 4 nitrogen and oxygen atoms in total. The second kappa shape index (κ2) is 4.35. The molecular formula is C16H10N4. The van der Waals surface area contributed by atoms with Gasteiger partial charge in [0.2, 0.25) is 0 Å². The normalized spacial score (nSPS) is 11.0. The van der Waals surface area contributed by atoms with E-state index in [1.165, 1.54) is 0 Å². The lowest BCUT2D eigenvalue weighted by atomic mass is 10.2. The molecule has 94 valence electrons. The second-order valence-electron chi connectivity index (χ2n) is 4.49. The van der Waals surface area contributed by atoms with Crippen molar-refractivity contribution in [1.29, 1.82) is 0 Å². The Kier molecular flexibility index (Phi) is 2.39. The summed E-state index contributed by atoms with van der Waals surface area (Å²) in [5, 5.41) is 0. The lowest BCUT2D eigenvalue weighted by Crippen LogP contribution is -1.92. The van der Waals surface area contributed by atoms with E-state index in [1.807, 2.05) is 48.5 Å². The Labute approximate surface area is 115 Å². The molecule has 0 N–H and O–H groups in total. The number of rotatable bonds is 1. The SMILES string of the molecule is c1ccc2nc(-c3cnc4ccccc4n3)cnc2c1. The van der Waals surface area contributed by atoms with Crippen LogP contribution < -0.4 is 0 Å². The molecule has 0 saturated heterocycles. The highest BCUT2D eigenvalue weighted by molar-refractivity contribution is 5.79. The van der Waals surface area contributed by atoms with Gasteiger partial charge in [-0.2, -0.15) is 0 Å². The second-order valence-corrected chi connectivity index (χ2v) is 4.49. The fourth-order valence-corrected chi connectivity index (χ4v) is 2.16. The van der Waals surface area contributed by atoms with Crippen LogP contribution in [0.25, 0.3) is 33.5 Å². The van der Waals surface area contributed by atoms with Crippen molar-refractivity contribution in [1.82, 2.24) is 19.9 Å². The van der Waals surface area contributed by atoms with Crippen LogP contribution in [0.4, 0.5) is 0 Å². The molecule has 0 aliphatic heterocycles. The minimum Gasteiger partial charge on any atom is -0.252 e. The van der Waals surface area contributed by atoms with Crippen molar-refractivity contribution in [3.8, 4) is 11.4 Å². The van der Waals surface area contributed by atoms with Crippen LogP contribution in [-0.4, -0.2) is 19.9 Å². The van der Waals surface area contributed by atoms with Gasteiger partial charge >= 0.3 is 0 Å². The van der Waals surface area contributed by atoms with Gasteiger partial charge in [-0.05, 0) is 24.3 Å². The zero-order valence-corrected chi connectivity index (χ0v) is 10.6. The summed E-state index contributed by atoms with van der Waals surface area (Å²) in [4.78, 5) is 18.0. The van der Waals surface area contributed by atoms with Gasteiger partial charge in [0.05, 0.1) is 34.5 Å². The number of hydrogen-bond acceptors (Lipinski definition) is 4. The van der Waals surface area contributed by atoms with Crippen LogP contribution in [0.1, 0.15) is 0 Å². The highest BCUT2D eigenvalue weighted by Gasteiger charge is 2.05. The first kappa shape index (κ1) is 11.0. The Morgan fingerprint density at radius 2 is 0.900 bits per heavy atom. The predicted octanol–water partition coefficient (Wildman–Crippen LogP) is 3.24. The Hall–Kier alpha value is -2.88. The van der Waals surface area contributed by atoms with E-state index >= 15 is 0 Å². The summed E-state index contributed by atoms with van der Waals surface area (Å²) >= 11 is 0. The molecular weight excluding hydrogens is 248 g/mol. The summed E-state index contributed by atoms with van der Waals surface area (Å²) < 4.78 is 0. The minimum absolute atomic E-state index is 0.738. The molecule has 2 heterocycles. The highest BCUT2D eigenvalue weighted by Crippen LogP contribution is 2.18. The molecule has 0 atom stereocenters. The topological polar surface area (TPSA) is 51.6 Å². The number of para-hydroxylation sites is 4. The molecule has 0 aliphatic carbocycles. The van der Waals surface area contributed by atoms with Crippen molar-refractivity contribution in [2.45, 2.75) is 0 Å². The molecule has 0 radical (unpaired) electrons. The predicted molar refractivity (Wildman–Crippen MR) is 78.1 cm³/mol. The molecule has 0 spiro atoms. The molecule has 0 unspecified atom stereocenters. The molecule has 2 aromatic heterocycles. The zero-order valence-electron chi connectivity index (χ0n) is 10.6. The van der Waals surface area contributed by atoms with E-state index in [2.05, 4.69) is 19.9 Å². The Balaban J connectivity index is 1.91. The molecule has 0 saturated carbocycles. The molecule has 4 heteroatoms. The summed E-state index contributed by atoms with van der Waals surface area (Å²) in [7, 11) is 0. The molecule has 4 rings (SSSR count). The number of hydrogen-bond donors (Lipinski definition) is 0. The lowest BCUT2D eigenvalue weighted by Gasteiger charge is -2.03. The largest absolute Gasteiger partial charge is 0.252 e. The van der Waals surface area contributed by atoms with E-state index in [9.17, 15) is 0 Å². The Bertz CT molecular complexity index is 841. The molecule has 0 fully saturated rings. The van der Waals surface area contributed by atoms with Gasteiger partial charge in [0.25, 0.3) is 0 Å². The van der Waals surface area contributed by atoms with Crippen LogP contribution in [0.15, 0.2) is 60.9 Å². The van der Waals surface area contributed by atoms with Gasteiger partial charge < -0.3 is 0 Å². The summed E-state index contributed by atoms with van der Waals surface area (Å²) in [5.74, 6) is 0. The molecule has 20 heavy (non-hydrogen) atoms. The van der Waals surface area contributed by atoms with Gasteiger partial charge in [-0.25, -0.2) is 9.97 Å². The van der Waals surface area contributed by atoms with Gasteiger partial charge in [0.1, 0.15) is 11.4 Å². The average Bonchev–Trinajstić information content (AvgIpc) is 2.54. The Morgan fingerprint density at radius 3 is 1.35 bits per heavy atom. The number of nitrogens with zero attached hydrogens (tertiary/aromatic N) is 4. The van der Waals surface area contributed by atoms with E-state index in [0.717, 1.165) is 33.5 Å². The first-order chi connectivity index (χ1) is 9.90. The maximum atomic E-state index is 4.59. The molecule has 2 aromatic carbocycles. The van der Waals surface area contributed by atoms with Crippen LogP contribution in [0.5, 0.6) is 0 Å². The third kappa shape index (κ3) is 1.78. The molecule has 0 amide bonds. The van der Waals surface area contributed by atoms with Gasteiger partial charge in [0.15, 0.2) is 0 Å². The highest BCUT2D eigenvalue weighted by atomic mass is 14.9. The fraction of sp³-hybridized carbons (Fsp3) is 0. The third-order valence-electron chi connectivity index (χ3n) is 3.16. The smallest absolute Gasteiger partial charge is 0.109 e. The summed E-state index contributed by atoms with van der Waals surface area (Å²) in [6.07, 6.45) is 3.47. The van der Waals surface area contributed by atoms with Crippen LogP contribution in [0, 0.1) is 0 Å². The van der Waals surface area contributed by atoms with Crippen LogP contribution in [-0.2, 0) is 0 Å². The summed E-state index contributed by atoms with van der Waals surface area (Å²) in [5.41, 5.74) is 4.96. The first-order valence-corrected chi connectivity index (χ1v) is 6.34. The van der Waals surface area contributed by atoms with Gasteiger partial charge in [-0.3, -0.25) is 9.97 Å². The first-order valence-electron chi connectivity index (χ1n) is 6.34. The number of fused-ring (bicyclic) bond motifs is 2. The van der Waals surface area contributed by atoms with Crippen molar-refractivity contribution >= 4 is 22.1 Å². The number of aromatic nitrogens is 4. The molecule has 0 bridgehead atoms. The maximum absolute atomic E-state index is 4.59. The monoisotopic (exact) mass is 258 g/mol. The van der Waals surface area contributed by atoms with E-state index in [1.54, 1.807) is 12.4 Å². The van der Waals surface area contributed by atoms with Crippen molar-refractivity contribution in [3.05, 3.63) is 60.9 Å². The van der Waals surface area contributed by atoms with Crippen molar-refractivity contribution in [2.75, 3.05) is 0 Å². The quantitative estimate of drug-likeness (QED) is 0.526. The zero-order chi connectivity index (χ0) is 13.4. The van der Waals surface area contributed by atoms with Crippen molar-refractivity contribution < 1.29 is 0 Å². The van der Waals surface area contributed by atoms with Crippen LogP contribution in [0.3, 0.4) is 0 Å². The van der Waals surface area contributed by atoms with E-state index in [0.29, 0.717) is 0 Å². The number of benzene rings is 2. The standard InChI is InChI=1S/C16H10N4/c1-3-7-13-11(5-1)17-9-15(19-13)16-10-18-12-6-2-4-8-14(12)20-16/h1-10H. The average molecular weight is 258 g/mol. The van der Waals surface area contributed by atoms with Crippen molar-refractivity contribution in [3.63, 3.8) is 0 Å². The van der Waals surface area contributed by atoms with E-state index in [4.69, 9.17) is 0 Å². The van der Waals surface area contributed by atoms with Crippen molar-refractivity contribution in [2.24, 2.45) is 0 Å². The van der Waals surface area contributed by atoms with Crippen LogP contribution in [0.2, 0.25) is 0 Å². The minimum atomic E-state index is 0.738. The maximum Gasteiger partial charge on any atom is 0.109 e. The molecule has 4 aromatic rings. The summed E-state index contributed by atoms with van der Waals surface area (Å²) in [6.45, 7) is 0. The molecule has 0 aliphatic rings. The van der Waals surface area contributed by atoms with Gasteiger partial charge in [-0.1, -0.05) is 24.3 Å². The van der Waals surface area contributed by atoms with Gasteiger partial charge in [0, 0.05) is 0 Å². The lowest BCUT2D eigenvalue weighted by molar-refractivity contribution is 1.22. The van der Waals surface area contributed by atoms with E-state index < -0.39 is 0 Å². The Morgan fingerprint density at radius 1 is 0.500 bits per heavy atom. The van der Waals surface area contributed by atoms with Crippen LogP contribution >= 0.6 is 0 Å². The fourth-order valence-electron chi connectivity index (χ4n) is 2.16. The van der Waals surface area contributed by atoms with E-state index in [-0.39, 0.29) is 0 Å². The third-order valence-corrected chi connectivity index (χ3v) is 3.16. The summed E-state index contributed by atoms with van der Waals surface area (Å²) in [6, 6.07) is 15.6.